The minimum absolute atomic E-state index is 1.20. The SMILES string of the molecule is c1ccc(-c2c3ccccc3c(-c3ccccc3)c3cc4c(-c5ccccc5)c5cc6c(-c7ccccc7)c7ccccc7c(-c7ccccc7)c6cc5c(-c5ccccc5)c4cc23)cc1. The van der Waals surface area contributed by atoms with E-state index in [1.165, 1.54) is 131 Å². The molecule has 0 radical (unpaired) electrons. The maximum Gasteiger partial charge on any atom is -0.00259 e. The van der Waals surface area contributed by atoms with Crippen LogP contribution in [0, 0.1) is 0 Å². The van der Waals surface area contributed by atoms with Crippen molar-refractivity contribution in [3.63, 3.8) is 0 Å². The first-order chi connectivity index (χ1) is 32.8. The molecule has 0 atom stereocenters. The normalized spacial score (nSPS) is 11.6. The fraction of sp³-hybridized carbons (Fsp3) is 0. The van der Waals surface area contributed by atoms with Crippen molar-refractivity contribution in [3.05, 3.63) is 255 Å². The van der Waals surface area contributed by atoms with Gasteiger partial charge in [-0.2, -0.15) is 0 Å². The Kier molecular flexibility index (Phi) is 8.96. The topological polar surface area (TPSA) is 0 Å². The summed E-state index contributed by atoms with van der Waals surface area (Å²) in [5.41, 5.74) is 14.7. The molecule has 0 unspecified atom stereocenters. The Bertz CT molecular complexity index is 3480. The lowest BCUT2D eigenvalue weighted by Crippen LogP contribution is -1.96. The summed E-state index contributed by atoms with van der Waals surface area (Å²) in [4.78, 5) is 0. The fourth-order valence-electron chi connectivity index (χ4n) is 11.1. The largest absolute Gasteiger partial charge is 0.0622 e. The predicted molar refractivity (Wildman–Crippen MR) is 284 cm³/mol. The van der Waals surface area contributed by atoms with Crippen LogP contribution in [0.25, 0.3) is 131 Å². The number of hydrogen-bond donors (Lipinski definition) is 0. The van der Waals surface area contributed by atoms with Crippen molar-refractivity contribution >= 4 is 64.6 Å². The smallest absolute Gasteiger partial charge is 0.00259 e. The van der Waals surface area contributed by atoms with E-state index in [-0.39, 0.29) is 0 Å². The van der Waals surface area contributed by atoms with Crippen LogP contribution in [0.3, 0.4) is 0 Å². The predicted octanol–water partition coefficient (Wildman–Crippen LogP) is 18.6. The fourth-order valence-corrected chi connectivity index (χ4v) is 11.1. The van der Waals surface area contributed by atoms with Gasteiger partial charge in [-0.25, -0.2) is 0 Å². The van der Waals surface area contributed by atoms with Crippen LogP contribution < -0.4 is 0 Å². The summed E-state index contributed by atoms with van der Waals surface area (Å²) in [7, 11) is 0. The van der Waals surface area contributed by atoms with Gasteiger partial charge < -0.3 is 0 Å². The first-order valence-corrected chi connectivity index (χ1v) is 22.9. The van der Waals surface area contributed by atoms with Crippen molar-refractivity contribution in [2.24, 2.45) is 0 Å². The molecule has 0 aromatic heterocycles. The molecule has 0 amide bonds. The quantitative estimate of drug-likeness (QED) is 0.146. The summed E-state index contributed by atoms with van der Waals surface area (Å²) in [5, 5.41) is 14.9. The monoisotopic (exact) mass is 834 g/mol. The summed E-state index contributed by atoms with van der Waals surface area (Å²) < 4.78 is 0. The molecule has 0 heteroatoms. The third kappa shape index (κ3) is 6.00. The van der Waals surface area contributed by atoms with E-state index in [0.717, 1.165) is 0 Å². The lowest BCUT2D eigenvalue weighted by atomic mass is 9.79. The van der Waals surface area contributed by atoms with Gasteiger partial charge in [-0.15, -0.1) is 0 Å². The van der Waals surface area contributed by atoms with Crippen LogP contribution in [-0.4, -0.2) is 0 Å². The maximum absolute atomic E-state index is 2.54. The molecule has 13 aromatic rings. The molecular weight excluding hydrogens is 793 g/mol. The second-order valence-electron chi connectivity index (χ2n) is 17.4. The van der Waals surface area contributed by atoms with Gasteiger partial charge in [-0.05, 0) is 156 Å². The van der Waals surface area contributed by atoms with E-state index in [2.05, 4.69) is 255 Å². The zero-order chi connectivity index (χ0) is 43.6. The molecule has 0 bridgehead atoms. The summed E-state index contributed by atoms with van der Waals surface area (Å²) in [6, 6.07) is 94.4. The van der Waals surface area contributed by atoms with Crippen LogP contribution in [0.5, 0.6) is 0 Å². The summed E-state index contributed by atoms with van der Waals surface area (Å²) >= 11 is 0. The van der Waals surface area contributed by atoms with Crippen molar-refractivity contribution < 1.29 is 0 Å². The van der Waals surface area contributed by atoms with E-state index in [0.29, 0.717) is 0 Å². The van der Waals surface area contributed by atoms with Gasteiger partial charge in [0.25, 0.3) is 0 Å². The Morgan fingerprint density at radius 2 is 0.258 bits per heavy atom. The Morgan fingerprint density at radius 1 is 0.121 bits per heavy atom. The highest BCUT2D eigenvalue weighted by molar-refractivity contribution is 6.32. The van der Waals surface area contributed by atoms with Gasteiger partial charge >= 0.3 is 0 Å². The van der Waals surface area contributed by atoms with Crippen molar-refractivity contribution in [2.45, 2.75) is 0 Å². The molecule has 0 aliphatic carbocycles. The molecule has 0 saturated carbocycles. The molecule has 0 N–H and O–H groups in total. The Balaban J connectivity index is 1.32. The number of hydrogen-bond acceptors (Lipinski definition) is 0. The van der Waals surface area contributed by atoms with Crippen molar-refractivity contribution in [1.29, 1.82) is 0 Å². The van der Waals surface area contributed by atoms with Gasteiger partial charge in [0, 0.05) is 0 Å². The average molecular weight is 835 g/mol. The van der Waals surface area contributed by atoms with Gasteiger partial charge in [-0.1, -0.05) is 231 Å². The average Bonchev–Trinajstić information content (AvgIpc) is 3.39. The van der Waals surface area contributed by atoms with Crippen LogP contribution >= 0.6 is 0 Å². The molecular formula is C66H42. The van der Waals surface area contributed by atoms with E-state index >= 15 is 0 Å². The van der Waals surface area contributed by atoms with Crippen LogP contribution in [0.4, 0.5) is 0 Å². The molecule has 306 valence electrons. The molecule has 66 heavy (non-hydrogen) atoms. The molecule has 0 aliphatic heterocycles. The van der Waals surface area contributed by atoms with Crippen LogP contribution in [0.15, 0.2) is 255 Å². The number of benzene rings is 13. The Hall–Kier alpha value is -8.58. The molecule has 0 nitrogen and oxygen atoms in total. The third-order valence-corrected chi connectivity index (χ3v) is 13.8. The van der Waals surface area contributed by atoms with Crippen molar-refractivity contribution in [1.82, 2.24) is 0 Å². The zero-order valence-corrected chi connectivity index (χ0v) is 36.2. The highest BCUT2D eigenvalue weighted by Gasteiger charge is 2.25. The standard InChI is InChI=1S/C66H42/c1-7-23-43(24-8-1)61-49-35-19-20-36-50(49)62(44-25-9-2-10-26-44)54-40-58-57(39-53(54)61)65(47-31-15-5-16-32-47)59-41-55-56(42-60(59)66(58)48-33-17-6-18-34-48)64(46-29-13-4-14-30-46)52-38-22-21-37-51(52)63(55)45-27-11-3-12-28-45/h1-42H. The van der Waals surface area contributed by atoms with Gasteiger partial charge in [0.05, 0.1) is 0 Å². The molecule has 0 aliphatic rings. The first-order valence-electron chi connectivity index (χ1n) is 22.9. The van der Waals surface area contributed by atoms with Crippen LogP contribution in [0.2, 0.25) is 0 Å². The minimum Gasteiger partial charge on any atom is -0.0622 e. The van der Waals surface area contributed by atoms with Crippen molar-refractivity contribution in [2.75, 3.05) is 0 Å². The molecule has 13 rings (SSSR count). The molecule has 13 aromatic carbocycles. The summed E-state index contributed by atoms with van der Waals surface area (Å²) in [5.74, 6) is 0. The van der Waals surface area contributed by atoms with Gasteiger partial charge in [0.1, 0.15) is 0 Å². The van der Waals surface area contributed by atoms with Gasteiger partial charge in [0.15, 0.2) is 0 Å². The van der Waals surface area contributed by atoms with Gasteiger partial charge in [-0.3, -0.25) is 0 Å². The maximum atomic E-state index is 2.54. The number of rotatable bonds is 6. The van der Waals surface area contributed by atoms with E-state index < -0.39 is 0 Å². The minimum atomic E-state index is 1.20. The molecule has 0 fully saturated rings. The number of fused-ring (bicyclic) bond motifs is 6. The van der Waals surface area contributed by atoms with Crippen LogP contribution in [0.1, 0.15) is 0 Å². The molecule has 0 saturated heterocycles. The first kappa shape index (κ1) is 37.9. The lowest BCUT2D eigenvalue weighted by molar-refractivity contribution is 1.64. The third-order valence-electron chi connectivity index (χ3n) is 13.8. The second kappa shape index (κ2) is 15.6. The Morgan fingerprint density at radius 3 is 0.424 bits per heavy atom. The van der Waals surface area contributed by atoms with Gasteiger partial charge in [0.2, 0.25) is 0 Å². The summed E-state index contributed by atoms with van der Waals surface area (Å²) in [6.45, 7) is 0. The second-order valence-corrected chi connectivity index (χ2v) is 17.4. The molecule has 0 spiro atoms. The summed E-state index contributed by atoms with van der Waals surface area (Å²) in [6.07, 6.45) is 0. The van der Waals surface area contributed by atoms with Crippen molar-refractivity contribution in [3.8, 4) is 66.8 Å². The van der Waals surface area contributed by atoms with E-state index in [9.17, 15) is 0 Å². The lowest BCUT2D eigenvalue weighted by Gasteiger charge is -2.24. The highest BCUT2D eigenvalue weighted by Crippen LogP contribution is 2.52. The van der Waals surface area contributed by atoms with Crippen LogP contribution in [-0.2, 0) is 0 Å². The van der Waals surface area contributed by atoms with E-state index in [1.54, 1.807) is 0 Å². The van der Waals surface area contributed by atoms with E-state index in [1.807, 2.05) is 0 Å². The molecule has 0 heterocycles. The Labute approximate surface area is 384 Å². The highest BCUT2D eigenvalue weighted by atomic mass is 14.3. The van der Waals surface area contributed by atoms with E-state index in [4.69, 9.17) is 0 Å². The zero-order valence-electron chi connectivity index (χ0n) is 36.2.